The molecule has 1 N–H and O–H groups in total. The predicted octanol–water partition coefficient (Wildman–Crippen LogP) is 3.21. The van der Waals surface area contributed by atoms with E-state index in [1.807, 2.05) is 0 Å². The molecule has 2 aromatic rings. The molecule has 1 aromatic carbocycles. The molecule has 2 heterocycles. The standard InChI is InChI=1S/C16H21N3OS/c1-12-2-5-14(6-3-12)21-11-15-18-16(20-19-15)7-4-13-8-9-17-10-13/h2-3,5-6,13,17H,4,7-11H2,1H3. The van der Waals surface area contributed by atoms with Gasteiger partial charge >= 0.3 is 0 Å². The van der Waals surface area contributed by atoms with E-state index in [0.29, 0.717) is 0 Å². The van der Waals surface area contributed by atoms with Crippen molar-refractivity contribution in [3.05, 3.63) is 41.5 Å². The summed E-state index contributed by atoms with van der Waals surface area (Å²) in [6.07, 6.45) is 3.30. The highest BCUT2D eigenvalue weighted by atomic mass is 32.2. The number of nitrogens with one attached hydrogen (secondary N) is 1. The minimum atomic E-state index is 0.761. The molecule has 3 rings (SSSR count). The molecule has 1 aliphatic heterocycles. The molecule has 5 heteroatoms. The summed E-state index contributed by atoms with van der Waals surface area (Å²) >= 11 is 1.74. The van der Waals surface area contributed by atoms with Crippen molar-refractivity contribution < 1.29 is 4.52 Å². The predicted molar refractivity (Wildman–Crippen MR) is 84.3 cm³/mol. The third kappa shape index (κ3) is 4.32. The number of benzene rings is 1. The van der Waals surface area contributed by atoms with Crippen LogP contribution in [-0.4, -0.2) is 23.2 Å². The van der Waals surface area contributed by atoms with Gasteiger partial charge in [-0.3, -0.25) is 0 Å². The summed E-state index contributed by atoms with van der Waals surface area (Å²) in [7, 11) is 0. The zero-order chi connectivity index (χ0) is 14.5. The molecule has 4 nitrogen and oxygen atoms in total. The fourth-order valence-corrected chi connectivity index (χ4v) is 3.26. The molecule has 1 fully saturated rings. The Bertz CT molecular complexity index is 561. The Morgan fingerprint density at radius 2 is 2.19 bits per heavy atom. The van der Waals surface area contributed by atoms with Gasteiger partial charge in [0.1, 0.15) is 0 Å². The van der Waals surface area contributed by atoms with E-state index in [1.165, 1.54) is 16.9 Å². The van der Waals surface area contributed by atoms with Gasteiger partial charge in [-0.05, 0) is 50.9 Å². The highest BCUT2D eigenvalue weighted by Gasteiger charge is 2.16. The lowest BCUT2D eigenvalue weighted by atomic mass is 10.0. The van der Waals surface area contributed by atoms with Crippen molar-refractivity contribution in [3.8, 4) is 0 Å². The smallest absolute Gasteiger partial charge is 0.226 e. The first-order valence-electron chi connectivity index (χ1n) is 7.51. The van der Waals surface area contributed by atoms with Crippen LogP contribution < -0.4 is 5.32 Å². The van der Waals surface area contributed by atoms with E-state index in [4.69, 9.17) is 4.52 Å². The first-order chi connectivity index (χ1) is 10.3. The van der Waals surface area contributed by atoms with Gasteiger partial charge in [0.25, 0.3) is 0 Å². The van der Waals surface area contributed by atoms with Gasteiger partial charge in [0.2, 0.25) is 5.89 Å². The molecular formula is C16H21N3OS. The summed E-state index contributed by atoms with van der Waals surface area (Å²) in [6.45, 7) is 4.37. The van der Waals surface area contributed by atoms with Gasteiger partial charge in [-0.2, -0.15) is 4.98 Å². The van der Waals surface area contributed by atoms with Crippen LogP contribution >= 0.6 is 11.8 Å². The van der Waals surface area contributed by atoms with Crippen molar-refractivity contribution in [2.24, 2.45) is 5.92 Å². The average Bonchev–Trinajstić information content (AvgIpc) is 3.16. The highest BCUT2D eigenvalue weighted by molar-refractivity contribution is 7.98. The zero-order valence-corrected chi connectivity index (χ0v) is 13.2. The number of aryl methyl sites for hydroxylation is 2. The van der Waals surface area contributed by atoms with Gasteiger partial charge in [-0.25, -0.2) is 0 Å². The second kappa shape index (κ2) is 7.09. The van der Waals surface area contributed by atoms with Crippen molar-refractivity contribution in [3.63, 3.8) is 0 Å². The van der Waals surface area contributed by atoms with Crippen LogP contribution in [0.25, 0.3) is 0 Å². The molecule has 112 valence electrons. The summed E-state index contributed by atoms with van der Waals surface area (Å²) in [6, 6.07) is 8.52. The van der Waals surface area contributed by atoms with Gasteiger partial charge in [0.15, 0.2) is 5.82 Å². The number of hydrogen-bond donors (Lipinski definition) is 1. The van der Waals surface area contributed by atoms with Crippen molar-refractivity contribution in [1.82, 2.24) is 15.5 Å². The monoisotopic (exact) mass is 303 g/mol. The SMILES string of the molecule is Cc1ccc(SCc2noc(CCC3CCNC3)n2)cc1. The molecule has 1 saturated heterocycles. The number of rotatable bonds is 6. The normalized spacial score (nSPS) is 18.2. The Hall–Kier alpha value is -1.33. The first-order valence-corrected chi connectivity index (χ1v) is 8.50. The Morgan fingerprint density at radius 1 is 1.33 bits per heavy atom. The first kappa shape index (κ1) is 14.6. The van der Waals surface area contributed by atoms with E-state index in [1.54, 1.807) is 11.8 Å². The average molecular weight is 303 g/mol. The van der Waals surface area contributed by atoms with Crippen molar-refractivity contribution in [2.45, 2.75) is 36.8 Å². The van der Waals surface area contributed by atoms with Gasteiger partial charge in [0, 0.05) is 11.3 Å². The molecule has 21 heavy (non-hydrogen) atoms. The van der Waals surface area contributed by atoms with Crippen LogP contribution in [0.3, 0.4) is 0 Å². The van der Waals surface area contributed by atoms with E-state index >= 15 is 0 Å². The molecule has 0 amide bonds. The van der Waals surface area contributed by atoms with Gasteiger partial charge < -0.3 is 9.84 Å². The van der Waals surface area contributed by atoms with Gasteiger partial charge in [-0.1, -0.05) is 22.9 Å². The summed E-state index contributed by atoms with van der Waals surface area (Å²) < 4.78 is 5.34. The Labute approximate surface area is 129 Å². The third-order valence-corrected chi connectivity index (χ3v) is 4.84. The maximum Gasteiger partial charge on any atom is 0.226 e. The van der Waals surface area contributed by atoms with E-state index in [0.717, 1.165) is 49.3 Å². The molecule has 0 bridgehead atoms. The molecule has 1 atom stereocenters. The van der Waals surface area contributed by atoms with Crippen LogP contribution in [-0.2, 0) is 12.2 Å². The lowest BCUT2D eigenvalue weighted by Gasteiger charge is -2.03. The minimum Gasteiger partial charge on any atom is -0.339 e. The topological polar surface area (TPSA) is 51.0 Å². The number of nitrogens with zero attached hydrogens (tertiary/aromatic N) is 2. The lowest BCUT2D eigenvalue weighted by Crippen LogP contribution is -2.09. The molecule has 0 aliphatic carbocycles. The maximum absolute atomic E-state index is 5.34. The van der Waals surface area contributed by atoms with E-state index < -0.39 is 0 Å². The zero-order valence-electron chi connectivity index (χ0n) is 12.3. The fourth-order valence-electron chi connectivity index (χ4n) is 2.52. The Balaban J connectivity index is 1.46. The summed E-state index contributed by atoms with van der Waals surface area (Å²) in [4.78, 5) is 5.72. The largest absolute Gasteiger partial charge is 0.339 e. The summed E-state index contributed by atoms with van der Waals surface area (Å²) in [5.74, 6) is 3.10. The second-order valence-electron chi connectivity index (χ2n) is 5.60. The fraction of sp³-hybridized carbons (Fsp3) is 0.500. The number of thioether (sulfide) groups is 1. The quantitative estimate of drug-likeness (QED) is 0.830. The van der Waals surface area contributed by atoms with E-state index in [9.17, 15) is 0 Å². The molecule has 1 aromatic heterocycles. The number of aromatic nitrogens is 2. The van der Waals surface area contributed by atoms with Crippen LogP contribution in [0.5, 0.6) is 0 Å². The summed E-state index contributed by atoms with van der Waals surface area (Å²) in [5.41, 5.74) is 1.28. The van der Waals surface area contributed by atoms with Gasteiger partial charge in [-0.15, -0.1) is 11.8 Å². The Kier molecular flexibility index (Phi) is 4.93. The van der Waals surface area contributed by atoms with E-state index in [-0.39, 0.29) is 0 Å². The van der Waals surface area contributed by atoms with Crippen LogP contribution in [0.4, 0.5) is 0 Å². The van der Waals surface area contributed by atoms with E-state index in [2.05, 4.69) is 46.6 Å². The van der Waals surface area contributed by atoms with Gasteiger partial charge in [0.05, 0.1) is 5.75 Å². The molecule has 0 radical (unpaired) electrons. The molecule has 0 saturated carbocycles. The summed E-state index contributed by atoms with van der Waals surface area (Å²) in [5, 5.41) is 7.46. The minimum absolute atomic E-state index is 0.761. The van der Waals surface area contributed by atoms with Crippen LogP contribution in [0, 0.1) is 12.8 Å². The Morgan fingerprint density at radius 3 is 2.95 bits per heavy atom. The second-order valence-corrected chi connectivity index (χ2v) is 6.65. The van der Waals surface area contributed by atoms with Crippen LogP contribution in [0.2, 0.25) is 0 Å². The van der Waals surface area contributed by atoms with Crippen LogP contribution in [0.1, 0.15) is 30.1 Å². The lowest BCUT2D eigenvalue weighted by molar-refractivity contribution is 0.361. The third-order valence-electron chi connectivity index (χ3n) is 3.83. The molecule has 0 spiro atoms. The van der Waals surface area contributed by atoms with Crippen molar-refractivity contribution in [1.29, 1.82) is 0 Å². The van der Waals surface area contributed by atoms with Crippen molar-refractivity contribution >= 4 is 11.8 Å². The molecule has 1 unspecified atom stereocenters. The molecular weight excluding hydrogens is 282 g/mol. The van der Waals surface area contributed by atoms with Crippen LogP contribution in [0.15, 0.2) is 33.7 Å². The van der Waals surface area contributed by atoms with Crippen molar-refractivity contribution in [2.75, 3.05) is 13.1 Å². The number of hydrogen-bond acceptors (Lipinski definition) is 5. The highest BCUT2D eigenvalue weighted by Crippen LogP contribution is 2.22. The molecule has 1 aliphatic rings. The maximum atomic E-state index is 5.34.